The zero-order valence-electron chi connectivity index (χ0n) is 18.0. The highest BCUT2D eigenvalue weighted by atomic mass is 32.2. The standard InChI is InChI=1S/C21H31F3N2O4S/c1-3-4-5-6-8-16(2)25-20(27)17-11-13-26(14-12-17)31(28,29)19-10-7-9-18(15-19)30-21(22,23)24/h7,9-10,15-17H,3-6,8,11-14H2,1-2H3,(H,25,27). The molecule has 1 aromatic rings. The Morgan fingerprint density at radius 1 is 1.23 bits per heavy atom. The summed E-state index contributed by atoms with van der Waals surface area (Å²) < 4.78 is 67.9. The van der Waals surface area contributed by atoms with Crippen molar-refractivity contribution in [3.05, 3.63) is 24.3 Å². The van der Waals surface area contributed by atoms with E-state index in [2.05, 4.69) is 17.0 Å². The van der Waals surface area contributed by atoms with Gasteiger partial charge in [0.2, 0.25) is 15.9 Å². The molecule has 1 atom stereocenters. The van der Waals surface area contributed by atoms with E-state index in [1.54, 1.807) is 0 Å². The van der Waals surface area contributed by atoms with Crippen LogP contribution in [0.4, 0.5) is 13.2 Å². The number of amides is 1. The number of sulfonamides is 1. The Kier molecular flexibility index (Phi) is 9.17. The fraction of sp³-hybridized carbons (Fsp3) is 0.667. The summed E-state index contributed by atoms with van der Waals surface area (Å²) in [4.78, 5) is 12.2. The van der Waals surface area contributed by atoms with Crippen LogP contribution in [0.3, 0.4) is 0 Å². The van der Waals surface area contributed by atoms with Gasteiger partial charge in [-0.15, -0.1) is 13.2 Å². The maximum atomic E-state index is 12.8. The zero-order valence-corrected chi connectivity index (χ0v) is 18.8. The summed E-state index contributed by atoms with van der Waals surface area (Å²) in [6.45, 7) is 4.38. The quantitative estimate of drug-likeness (QED) is 0.519. The minimum atomic E-state index is -4.90. The first-order chi connectivity index (χ1) is 14.5. The Morgan fingerprint density at radius 3 is 2.52 bits per heavy atom. The Bertz CT molecular complexity index is 822. The molecule has 6 nitrogen and oxygen atoms in total. The topological polar surface area (TPSA) is 75.7 Å². The van der Waals surface area contributed by atoms with Gasteiger partial charge in [0.25, 0.3) is 0 Å². The van der Waals surface area contributed by atoms with Gasteiger partial charge in [-0.05, 0) is 38.3 Å². The predicted octanol–water partition coefficient (Wildman–Crippen LogP) is 4.46. The van der Waals surface area contributed by atoms with Crippen LogP contribution in [0.25, 0.3) is 0 Å². The lowest BCUT2D eigenvalue weighted by molar-refractivity contribution is -0.274. The van der Waals surface area contributed by atoms with Gasteiger partial charge in [-0.25, -0.2) is 8.42 Å². The van der Waals surface area contributed by atoms with Crippen molar-refractivity contribution >= 4 is 15.9 Å². The maximum Gasteiger partial charge on any atom is 0.573 e. The summed E-state index contributed by atoms with van der Waals surface area (Å²) in [6.07, 6.45) is 1.28. The molecule has 0 spiro atoms. The summed E-state index contributed by atoms with van der Waals surface area (Å²) in [5.41, 5.74) is 0. The average Bonchev–Trinajstić information content (AvgIpc) is 2.70. The molecule has 1 heterocycles. The number of piperidine rings is 1. The van der Waals surface area contributed by atoms with Crippen LogP contribution in [0.1, 0.15) is 58.8 Å². The van der Waals surface area contributed by atoms with E-state index in [9.17, 15) is 26.4 Å². The van der Waals surface area contributed by atoms with Gasteiger partial charge in [0.1, 0.15) is 5.75 Å². The number of hydrogen-bond acceptors (Lipinski definition) is 4. The number of alkyl halides is 3. The molecule has 10 heteroatoms. The molecular formula is C21H31F3N2O4S. The molecule has 1 unspecified atom stereocenters. The number of benzene rings is 1. The molecule has 1 amide bonds. The van der Waals surface area contributed by atoms with E-state index in [-0.39, 0.29) is 35.9 Å². The molecule has 0 radical (unpaired) electrons. The first-order valence-electron chi connectivity index (χ1n) is 10.7. The molecule has 1 fully saturated rings. The van der Waals surface area contributed by atoms with Crippen molar-refractivity contribution in [3.63, 3.8) is 0 Å². The molecule has 31 heavy (non-hydrogen) atoms. The number of rotatable bonds is 10. The van der Waals surface area contributed by atoms with Gasteiger partial charge in [0.15, 0.2) is 0 Å². The second-order valence-corrected chi connectivity index (χ2v) is 9.90. The summed E-state index contributed by atoms with van der Waals surface area (Å²) in [5, 5.41) is 3.01. The van der Waals surface area contributed by atoms with Crippen molar-refractivity contribution in [2.45, 2.75) is 76.1 Å². The maximum absolute atomic E-state index is 12.8. The molecule has 0 aliphatic carbocycles. The summed E-state index contributed by atoms with van der Waals surface area (Å²) in [6, 6.07) is 4.42. The van der Waals surface area contributed by atoms with Crippen LogP contribution < -0.4 is 10.1 Å². The number of carbonyl (C=O) groups is 1. The van der Waals surface area contributed by atoms with E-state index in [1.165, 1.54) is 22.9 Å². The number of ether oxygens (including phenoxy) is 1. The smallest absolute Gasteiger partial charge is 0.406 e. The van der Waals surface area contributed by atoms with Crippen molar-refractivity contribution in [1.82, 2.24) is 9.62 Å². The van der Waals surface area contributed by atoms with Gasteiger partial charge < -0.3 is 10.1 Å². The third kappa shape index (κ3) is 7.99. The molecule has 1 saturated heterocycles. The molecule has 0 aromatic heterocycles. The van der Waals surface area contributed by atoms with Crippen LogP contribution in [-0.4, -0.2) is 44.1 Å². The second-order valence-electron chi connectivity index (χ2n) is 7.96. The van der Waals surface area contributed by atoms with E-state index < -0.39 is 22.1 Å². The number of nitrogens with one attached hydrogen (secondary N) is 1. The fourth-order valence-corrected chi connectivity index (χ4v) is 5.15. The van der Waals surface area contributed by atoms with Crippen LogP contribution >= 0.6 is 0 Å². The van der Waals surface area contributed by atoms with Crippen molar-refractivity contribution in [2.75, 3.05) is 13.1 Å². The normalized spacial score (nSPS) is 17.3. The molecule has 1 aliphatic rings. The number of nitrogens with zero attached hydrogens (tertiary/aromatic N) is 1. The number of hydrogen-bond donors (Lipinski definition) is 1. The highest BCUT2D eigenvalue weighted by molar-refractivity contribution is 7.89. The summed E-state index contributed by atoms with van der Waals surface area (Å²) in [5.74, 6) is -0.930. The highest BCUT2D eigenvalue weighted by Gasteiger charge is 2.34. The SMILES string of the molecule is CCCCCCC(C)NC(=O)C1CCN(S(=O)(=O)c2cccc(OC(F)(F)F)c2)CC1. The zero-order chi connectivity index (χ0) is 23.1. The van der Waals surface area contributed by atoms with Crippen molar-refractivity contribution in [3.8, 4) is 5.75 Å². The molecule has 1 aliphatic heterocycles. The van der Waals surface area contributed by atoms with Crippen molar-refractivity contribution in [2.24, 2.45) is 5.92 Å². The van der Waals surface area contributed by atoms with Gasteiger partial charge in [0, 0.05) is 31.1 Å². The Labute approximate surface area is 182 Å². The monoisotopic (exact) mass is 464 g/mol. The molecule has 2 rings (SSSR count). The third-order valence-corrected chi connectivity index (χ3v) is 7.28. The lowest BCUT2D eigenvalue weighted by atomic mass is 9.96. The van der Waals surface area contributed by atoms with E-state index in [0.29, 0.717) is 12.8 Å². The van der Waals surface area contributed by atoms with Crippen LogP contribution in [0.2, 0.25) is 0 Å². The van der Waals surface area contributed by atoms with Gasteiger partial charge in [0.05, 0.1) is 4.90 Å². The van der Waals surface area contributed by atoms with E-state index in [1.807, 2.05) is 6.92 Å². The van der Waals surface area contributed by atoms with E-state index >= 15 is 0 Å². The largest absolute Gasteiger partial charge is 0.573 e. The first-order valence-corrected chi connectivity index (χ1v) is 12.1. The minimum absolute atomic E-state index is 0.0689. The molecular weight excluding hydrogens is 433 g/mol. The van der Waals surface area contributed by atoms with E-state index in [0.717, 1.165) is 37.8 Å². The third-order valence-electron chi connectivity index (χ3n) is 5.38. The number of halogens is 3. The van der Waals surface area contributed by atoms with Crippen molar-refractivity contribution in [1.29, 1.82) is 0 Å². The molecule has 1 aromatic carbocycles. The molecule has 0 bridgehead atoms. The Balaban J connectivity index is 1.90. The van der Waals surface area contributed by atoms with Gasteiger partial charge in [-0.2, -0.15) is 4.31 Å². The van der Waals surface area contributed by atoms with Crippen LogP contribution in [-0.2, 0) is 14.8 Å². The fourth-order valence-electron chi connectivity index (χ4n) is 3.65. The number of unbranched alkanes of at least 4 members (excludes halogenated alkanes) is 3. The van der Waals surface area contributed by atoms with Gasteiger partial charge >= 0.3 is 6.36 Å². The summed E-state index contributed by atoms with van der Waals surface area (Å²) >= 11 is 0. The Hall–Kier alpha value is -1.81. The molecule has 0 saturated carbocycles. The Morgan fingerprint density at radius 2 is 1.90 bits per heavy atom. The minimum Gasteiger partial charge on any atom is -0.406 e. The average molecular weight is 465 g/mol. The van der Waals surface area contributed by atoms with Gasteiger partial charge in [-0.1, -0.05) is 38.7 Å². The lowest BCUT2D eigenvalue weighted by Gasteiger charge is -2.31. The lowest BCUT2D eigenvalue weighted by Crippen LogP contribution is -2.44. The van der Waals surface area contributed by atoms with Crippen LogP contribution in [0, 0.1) is 5.92 Å². The van der Waals surface area contributed by atoms with E-state index in [4.69, 9.17) is 0 Å². The predicted molar refractivity (Wildman–Crippen MR) is 111 cm³/mol. The highest BCUT2D eigenvalue weighted by Crippen LogP contribution is 2.28. The summed E-state index contributed by atoms with van der Waals surface area (Å²) in [7, 11) is -3.98. The van der Waals surface area contributed by atoms with Crippen LogP contribution in [0.15, 0.2) is 29.2 Å². The van der Waals surface area contributed by atoms with Gasteiger partial charge in [-0.3, -0.25) is 4.79 Å². The van der Waals surface area contributed by atoms with Crippen molar-refractivity contribution < 1.29 is 31.1 Å². The number of carbonyl (C=O) groups excluding carboxylic acids is 1. The first kappa shape index (κ1) is 25.5. The second kappa shape index (κ2) is 11.2. The molecule has 176 valence electrons. The molecule has 1 N–H and O–H groups in total. The van der Waals surface area contributed by atoms with Crippen LogP contribution in [0.5, 0.6) is 5.75 Å².